The third kappa shape index (κ3) is 6.34. The van der Waals surface area contributed by atoms with Crippen molar-refractivity contribution in [1.82, 2.24) is 5.32 Å². The molecule has 2 heterocycles. The summed E-state index contributed by atoms with van der Waals surface area (Å²) < 4.78 is 0. The first-order valence-electron chi connectivity index (χ1n) is 12.1. The number of para-hydroxylation sites is 1. The first-order valence-corrected chi connectivity index (χ1v) is 13.9. The summed E-state index contributed by atoms with van der Waals surface area (Å²) in [6, 6.07) is 26.4. The minimum Gasteiger partial charge on any atom is -0.321 e. The second kappa shape index (κ2) is 11.9. The number of carbonyl (C=O) groups excluding carboxylic acids is 4. The number of anilines is 2. The number of carbonyl (C=O) groups is 4. The van der Waals surface area contributed by atoms with Gasteiger partial charge in [-0.15, -0.1) is 11.8 Å². The summed E-state index contributed by atoms with van der Waals surface area (Å²) in [6.07, 6.45) is 1.74. The number of hydrogen-bond acceptors (Lipinski definition) is 6. The highest BCUT2D eigenvalue weighted by Gasteiger charge is 2.40. The van der Waals surface area contributed by atoms with E-state index in [0.717, 1.165) is 10.5 Å². The maximum atomic E-state index is 13.1. The smallest absolute Gasteiger partial charge is 0.272 e. The van der Waals surface area contributed by atoms with Crippen LogP contribution in [0, 0.1) is 0 Å². The number of benzene rings is 3. The fourth-order valence-corrected chi connectivity index (χ4v) is 5.66. The summed E-state index contributed by atoms with van der Waals surface area (Å²) in [5.74, 6) is -1.33. The minimum atomic E-state index is -0.522. The van der Waals surface area contributed by atoms with Crippen molar-refractivity contribution in [1.29, 1.82) is 0 Å². The average molecular weight is 554 g/mol. The summed E-state index contributed by atoms with van der Waals surface area (Å²) >= 11 is 2.80. The summed E-state index contributed by atoms with van der Waals surface area (Å²) in [6.45, 7) is 0. The molecule has 3 aromatic carbocycles. The van der Waals surface area contributed by atoms with Gasteiger partial charge in [0.05, 0.1) is 10.9 Å². The lowest BCUT2D eigenvalue weighted by Crippen LogP contribution is -2.31. The monoisotopic (exact) mass is 553 g/mol. The molecule has 0 radical (unpaired) electrons. The Hall–Kier alpha value is -4.47. The van der Waals surface area contributed by atoms with Gasteiger partial charge in [-0.3, -0.25) is 19.2 Å². The van der Waals surface area contributed by atoms with E-state index < -0.39 is 11.2 Å². The Morgan fingerprint density at radius 1 is 0.897 bits per heavy atom. The molecular formula is C30H23N3O4S2. The van der Waals surface area contributed by atoms with Gasteiger partial charge in [0.15, 0.2) is 0 Å². The molecule has 1 saturated heterocycles. The molecule has 1 unspecified atom stereocenters. The van der Waals surface area contributed by atoms with Crippen LogP contribution in [-0.4, -0.2) is 28.9 Å². The second-order valence-corrected chi connectivity index (χ2v) is 10.7. The van der Waals surface area contributed by atoms with Gasteiger partial charge >= 0.3 is 0 Å². The standard InChI is InChI=1S/C30H23N3O4S2/c34-27-18-26(30(37)33(27)23-9-5-2-6-10-23)39-24-13-11-22(12-14-24)31-29(36)25(17-20-15-16-38-19-20)32-28(35)21-7-3-1-4-8-21/h1-17,19,26H,18H2,(H,31,36)(H,32,35)/b25-17-. The molecule has 4 amide bonds. The van der Waals surface area contributed by atoms with Crippen LogP contribution in [-0.2, 0) is 14.4 Å². The number of thioether (sulfide) groups is 1. The zero-order chi connectivity index (χ0) is 27.2. The fraction of sp³-hybridized carbons (Fsp3) is 0.0667. The Labute approximate surface area is 233 Å². The Bertz CT molecular complexity index is 1520. The molecule has 2 N–H and O–H groups in total. The second-order valence-electron chi connectivity index (χ2n) is 8.63. The zero-order valence-corrected chi connectivity index (χ0v) is 22.2. The molecule has 39 heavy (non-hydrogen) atoms. The van der Waals surface area contributed by atoms with E-state index in [1.165, 1.54) is 28.0 Å². The van der Waals surface area contributed by atoms with Crippen molar-refractivity contribution in [3.63, 3.8) is 0 Å². The highest BCUT2D eigenvalue weighted by atomic mass is 32.2. The molecule has 5 rings (SSSR count). The van der Waals surface area contributed by atoms with E-state index in [2.05, 4.69) is 10.6 Å². The first kappa shape index (κ1) is 26.1. The fourth-order valence-electron chi connectivity index (χ4n) is 3.99. The highest BCUT2D eigenvalue weighted by Crippen LogP contribution is 2.34. The molecule has 0 saturated carbocycles. The van der Waals surface area contributed by atoms with E-state index in [-0.39, 0.29) is 29.8 Å². The van der Waals surface area contributed by atoms with Crippen LogP contribution in [0.1, 0.15) is 22.3 Å². The summed E-state index contributed by atoms with van der Waals surface area (Å²) in [5, 5.41) is 8.78. The SMILES string of the molecule is O=C(Nc1ccc(SC2CC(=O)N(c3ccccc3)C2=O)cc1)/C(=C/c1ccsc1)NC(=O)c1ccccc1. The lowest BCUT2D eigenvalue weighted by atomic mass is 10.2. The van der Waals surface area contributed by atoms with E-state index >= 15 is 0 Å². The van der Waals surface area contributed by atoms with Gasteiger partial charge in [0.25, 0.3) is 11.8 Å². The maximum absolute atomic E-state index is 13.1. The van der Waals surface area contributed by atoms with Crippen molar-refractivity contribution < 1.29 is 19.2 Å². The van der Waals surface area contributed by atoms with E-state index in [4.69, 9.17) is 0 Å². The molecule has 1 aliphatic heterocycles. The van der Waals surface area contributed by atoms with Crippen LogP contribution in [0.15, 0.2) is 112 Å². The van der Waals surface area contributed by atoms with Crippen LogP contribution >= 0.6 is 23.1 Å². The van der Waals surface area contributed by atoms with Gasteiger partial charge in [-0.05, 0) is 77.0 Å². The van der Waals surface area contributed by atoms with E-state index in [0.29, 0.717) is 16.9 Å². The van der Waals surface area contributed by atoms with E-state index in [9.17, 15) is 19.2 Å². The molecule has 1 fully saturated rings. The highest BCUT2D eigenvalue weighted by molar-refractivity contribution is 8.00. The molecule has 1 aliphatic rings. The number of nitrogens with one attached hydrogen (secondary N) is 2. The van der Waals surface area contributed by atoms with Crippen molar-refractivity contribution in [3.05, 3.63) is 119 Å². The molecule has 9 heteroatoms. The molecule has 0 aliphatic carbocycles. The number of hydrogen-bond donors (Lipinski definition) is 2. The van der Waals surface area contributed by atoms with E-state index in [1.54, 1.807) is 78.9 Å². The molecule has 4 aromatic rings. The largest absolute Gasteiger partial charge is 0.321 e. The van der Waals surface area contributed by atoms with Gasteiger partial charge in [0.1, 0.15) is 5.70 Å². The van der Waals surface area contributed by atoms with Crippen LogP contribution in [0.3, 0.4) is 0 Å². The van der Waals surface area contributed by atoms with Crippen molar-refractivity contribution in [2.45, 2.75) is 16.6 Å². The molecule has 0 bridgehead atoms. The Kier molecular flexibility index (Phi) is 8.00. The van der Waals surface area contributed by atoms with Gasteiger partial charge in [0, 0.05) is 22.6 Å². The molecule has 7 nitrogen and oxygen atoms in total. The molecular weight excluding hydrogens is 530 g/mol. The van der Waals surface area contributed by atoms with Crippen molar-refractivity contribution in [2.75, 3.05) is 10.2 Å². The number of imide groups is 1. The Morgan fingerprint density at radius 3 is 2.26 bits per heavy atom. The quantitative estimate of drug-likeness (QED) is 0.219. The number of thiophene rings is 1. The zero-order valence-electron chi connectivity index (χ0n) is 20.6. The summed E-state index contributed by atoms with van der Waals surface area (Å²) in [5.41, 5.74) is 2.43. The van der Waals surface area contributed by atoms with E-state index in [1.807, 2.05) is 29.0 Å². The predicted molar refractivity (Wildman–Crippen MR) is 154 cm³/mol. The maximum Gasteiger partial charge on any atom is 0.272 e. The molecule has 1 atom stereocenters. The summed E-state index contributed by atoms with van der Waals surface area (Å²) in [4.78, 5) is 53.3. The number of rotatable bonds is 8. The van der Waals surface area contributed by atoms with Crippen LogP contribution in [0.25, 0.3) is 6.08 Å². The van der Waals surface area contributed by atoms with Gasteiger partial charge in [-0.2, -0.15) is 11.3 Å². The van der Waals surface area contributed by atoms with Gasteiger partial charge in [-0.25, -0.2) is 4.90 Å². The Balaban J connectivity index is 1.25. The van der Waals surface area contributed by atoms with Gasteiger partial charge in [-0.1, -0.05) is 36.4 Å². The molecule has 0 spiro atoms. The van der Waals surface area contributed by atoms with Gasteiger partial charge < -0.3 is 10.6 Å². The van der Waals surface area contributed by atoms with Crippen LogP contribution in [0.2, 0.25) is 0 Å². The predicted octanol–water partition coefficient (Wildman–Crippen LogP) is 5.58. The first-order chi connectivity index (χ1) is 19.0. The third-order valence-corrected chi connectivity index (χ3v) is 7.79. The summed E-state index contributed by atoms with van der Waals surface area (Å²) in [7, 11) is 0. The van der Waals surface area contributed by atoms with Crippen LogP contribution in [0.4, 0.5) is 11.4 Å². The van der Waals surface area contributed by atoms with Crippen LogP contribution in [0.5, 0.6) is 0 Å². The average Bonchev–Trinajstić information content (AvgIpc) is 3.57. The topological polar surface area (TPSA) is 95.6 Å². The Morgan fingerprint density at radius 2 is 1.59 bits per heavy atom. The molecule has 194 valence electrons. The van der Waals surface area contributed by atoms with Gasteiger partial charge in [0.2, 0.25) is 11.8 Å². The number of amides is 4. The molecule has 1 aromatic heterocycles. The third-order valence-electron chi connectivity index (χ3n) is 5.89. The van der Waals surface area contributed by atoms with Crippen molar-refractivity contribution in [2.24, 2.45) is 0 Å². The lowest BCUT2D eigenvalue weighted by molar-refractivity contribution is -0.121. The van der Waals surface area contributed by atoms with Crippen molar-refractivity contribution in [3.8, 4) is 0 Å². The lowest BCUT2D eigenvalue weighted by Gasteiger charge is -2.15. The minimum absolute atomic E-state index is 0.108. The number of nitrogens with zero attached hydrogens (tertiary/aromatic N) is 1. The van der Waals surface area contributed by atoms with Crippen molar-refractivity contribution >= 4 is 64.2 Å². The van der Waals surface area contributed by atoms with Crippen LogP contribution < -0.4 is 15.5 Å². The normalized spacial score (nSPS) is 15.3.